The minimum Gasteiger partial charge on any atom is -0.480 e. The molecule has 0 aliphatic heterocycles. The lowest BCUT2D eigenvalue weighted by Gasteiger charge is -2.27. The third-order valence-corrected chi connectivity index (χ3v) is 4.34. The first-order valence-corrected chi connectivity index (χ1v) is 8.99. The molecular formula is C17H28N6O5. The molecule has 7 N–H and O–H groups in total. The van der Waals surface area contributed by atoms with Crippen LogP contribution in [0.4, 0.5) is 0 Å². The van der Waals surface area contributed by atoms with E-state index < -0.39 is 41.8 Å². The maximum absolute atomic E-state index is 12.8. The summed E-state index contributed by atoms with van der Waals surface area (Å²) >= 11 is 0. The van der Waals surface area contributed by atoms with Gasteiger partial charge in [0.25, 0.3) is 0 Å². The Hall–Kier alpha value is -2.95. The van der Waals surface area contributed by atoms with Crippen molar-refractivity contribution in [3.63, 3.8) is 0 Å². The summed E-state index contributed by atoms with van der Waals surface area (Å²) in [5, 5.41) is 16.5. The van der Waals surface area contributed by atoms with Crippen LogP contribution >= 0.6 is 0 Å². The zero-order valence-electron chi connectivity index (χ0n) is 16.2. The largest absolute Gasteiger partial charge is 0.480 e. The van der Waals surface area contributed by atoms with Crippen LogP contribution in [0.2, 0.25) is 0 Å². The fourth-order valence-electron chi connectivity index (χ4n) is 2.40. The number of hydrogen-bond donors (Lipinski definition) is 6. The van der Waals surface area contributed by atoms with Gasteiger partial charge in [-0.05, 0) is 12.8 Å². The molecule has 0 aromatic carbocycles. The number of aromatic amines is 1. The van der Waals surface area contributed by atoms with E-state index in [0.717, 1.165) is 0 Å². The number of hydrogen-bond acceptors (Lipinski definition) is 6. The number of carbonyl (C=O) groups is 4. The maximum Gasteiger partial charge on any atom is 0.325 e. The third-order valence-electron chi connectivity index (χ3n) is 4.34. The zero-order valence-corrected chi connectivity index (χ0v) is 16.2. The Bertz CT molecular complexity index is 678. The number of carboxylic acids is 1. The van der Waals surface area contributed by atoms with E-state index >= 15 is 0 Å². The Kier molecular flexibility index (Phi) is 9.09. The summed E-state index contributed by atoms with van der Waals surface area (Å²) in [6.07, 6.45) is 3.65. The highest BCUT2D eigenvalue weighted by Crippen LogP contribution is 2.10. The number of H-pyrrole nitrogens is 1. The monoisotopic (exact) mass is 396 g/mol. The molecule has 0 aliphatic rings. The van der Waals surface area contributed by atoms with E-state index in [0.29, 0.717) is 12.1 Å². The Morgan fingerprint density at radius 2 is 1.86 bits per heavy atom. The van der Waals surface area contributed by atoms with Gasteiger partial charge < -0.3 is 31.8 Å². The summed E-state index contributed by atoms with van der Waals surface area (Å²) in [6.45, 7) is 4.64. The van der Waals surface area contributed by atoms with E-state index in [4.69, 9.17) is 10.8 Å². The highest BCUT2D eigenvalue weighted by molar-refractivity contribution is 5.93. The highest BCUT2D eigenvalue weighted by atomic mass is 16.4. The zero-order chi connectivity index (χ0) is 21.3. The quantitative estimate of drug-likeness (QED) is 0.264. The molecule has 1 aromatic heterocycles. The van der Waals surface area contributed by atoms with Crippen LogP contribution in [-0.2, 0) is 25.6 Å². The summed E-state index contributed by atoms with van der Waals surface area (Å²) < 4.78 is 0. The first-order chi connectivity index (χ1) is 13.2. The first kappa shape index (κ1) is 23.1. The van der Waals surface area contributed by atoms with Crippen molar-refractivity contribution < 1.29 is 24.3 Å². The van der Waals surface area contributed by atoms with Gasteiger partial charge in [0.05, 0.1) is 12.9 Å². The smallest absolute Gasteiger partial charge is 0.325 e. The lowest BCUT2D eigenvalue weighted by atomic mass is 9.97. The second-order valence-electron chi connectivity index (χ2n) is 6.55. The topological polar surface area (TPSA) is 179 Å². The molecule has 1 aromatic rings. The maximum atomic E-state index is 12.8. The summed E-state index contributed by atoms with van der Waals surface area (Å²) in [6, 6.07) is -3.04. The van der Waals surface area contributed by atoms with Gasteiger partial charge >= 0.3 is 5.97 Å². The SMILES string of the molecule is CCC(C)C(NC(=O)C(Cc1cnc[nH]1)NC(=O)CN)C(=O)NC(C)C(=O)O. The molecular weight excluding hydrogens is 368 g/mol. The van der Waals surface area contributed by atoms with Crippen molar-refractivity contribution in [1.29, 1.82) is 0 Å². The fraction of sp³-hybridized carbons (Fsp3) is 0.588. The van der Waals surface area contributed by atoms with Gasteiger partial charge in [0, 0.05) is 18.3 Å². The van der Waals surface area contributed by atoms with Gasteiger partial charge in [-0.15, -0.1) is 0 Å². The highest BCUT2D eigenvalue weighted by Gasteiger charge is 2.31. The Morgan fingerprint density at radius 3 is 2.36 bits per heavy atom. The van der Waals surface area contributed by atoms with Gasteiger partial charge in [0.1, 0.15) is 18.1 Å². The lowest BCUT2D eigenvalue weighted by molar-refractivity contribution is -0.142. The predicted octanol–water partition coefficient (Wildman–Crippen LogP) is -1.48. The number of amides is 3. The molecule has 28 heavy (non-hydrogen) atoms. The van der Waals surface area contributed by atoms with E-state index in [1.54, 1.807) is 6.92 Å². The number of nitrogens with one attached hydrogen (secondary N) is 4. The molecule has 11 nitrogen and oxygen atoms in total. The van der Waals surface area contributed by atoms with Crippen LogP contribution in [0.25, 0.3) is 0 Å². The molecule has 0 radical (unpaired) electrons. The van der Waals surface area contributed by atoms with Crippen LogP contribution < -0.4 is 21.7 Å². The summed E-state index contributed by atoms with van der Waals surface area (Å²) in [7, 11) is 0. The molecule has 0 saturated heterocycles. The molecule has 0 fully saturated rings. The third kappa shape index (κ3) is 6.99. The Morgan fingerprint density at radius 1 is 1.18 bits per heavy atom. The molecule has 0 bridgehead atoms. The molecule has 4 atom stereocenters. The number of carbonyl (C=O) groups excluding carboxylic acids is 3. The molecule has 3 amide bonds. The van der Waals surface area contributed by atoms with E-state index in [-0.39, 0.29) is 18.9 Å². The van der Waals surface area contributed by atoms with Crippen LogP contribution in [0.15, 0.2) is 12.5 Å². The van der Waals surface area contributed by atoms with Crippen LogP contribution in [0, 0.1) is 5.92 Å². The minimum atomic E-state index is -1.19. The van der Waals surface area contributed by atoms with Gasteiger partial charge in [-0.2, -0.15) is 0 Å². The van der Waals surface area contributed by atoms with Crippen molar-refractivity contribution in [2.45, 2.75) is 51.7 Å². The van der Waals surface area contributed by atoms with Crippen molar-refractivity contribution in [3.05, 3.63) is 18.2 Å². The first-order valence-electron chi connectivity index (χ1n) is 8.99. The number of carboxylic acid groups (broad SMARTS) is 1. The van der Waals surface area contributed by atoms with Crippen LogP contribution in [0.1, 0.15) is 32.9 Å². The van der Waals surface area contributed by atoms with Gasteiger partial charge in [-0.3, -0.25) is 19.2 Å². The Balaban J connectivity index is 2.94. The molecule has 0 saturated carbocycles. The fourth-order valence-corrected chi connectivity index (χ4v) is 2.40. The van der Waals surface area contributed by atoms with Crippen molar-refractivity contribution >= 4 is 23.7 Å². The molecule has 1 rings (SSSR count). The van der Waals surface area contributed by atoms with Crippen LogP contribution in [0.3, 0.4) is 0 Å². The minimum absolute atomic E-state index is 0.123. The summed E-state index contributed by atoms with van der Waals surface area (Å²) in [5.74, 6) is -3.16. The molecule has 1 heterocycles. The standard InChI is InChI=1S/C17H28N6O5/c1-4-9(2)14(16(26)21-10(3)17(27)28)23-15(25)12(22-13(24)6-18)5-11-7-19-8-20-11/h7-10,12,14H,4-6,18H2,1-3H3,(H,19,20)(H,21,26)(H,22,24)(H,23,25)(H,27,28). The Labute approximate surface area is 162 Å². The van der Waals surface area contributed by atoms with Gasteiger partial charge in [-0.25, -0.2) is 4.98 Å². The van der Waals surface area contributed by atoms with Crippen molar-refractivity contribution in [2.24, 2.45) is 11.7 Å². The lowest BCUT2D eigenvalue weighted by Crippen LogP contribution is -2.58. The molecule has 156 valence electrons. The number of rotatable bonds is 11. The van der Waals surface area contributed by atoms with Gasteiger partial charge in [0.15, 0.2) is 0 Å². The molecule has 4 unspecified atom stereocenters. The summed E-state index contributed by atoms with van der Waals surface area (Å²) in [4.78, 5) is 54.7. The van der Waals surface area contributed by atoms with Crippen LogP contribution in [0.5, 0.6) is 0 Å². The van der Waals surface area contributed by atoms with Crippen LogP contribution in [-0.4, -0.2) is 63.4 Å². The van der Waals surface area contributed by atoms with E-state index in [9.17, 15) is 19.2 Å². The second kappa shape index (κ2) is 11.0. The van der Waals surface area contributed by atoms with Gasteiger partial charge in [0.2, 0.25) is 17.7 Å². The average Bonchev–Trinajstić information content (AvgIpc) is 3.17. The average molecular weight is 396 g/mol. The number of aliphatic carboxylic acids is 1. The summed E-state index contributed by atoms with van der Waals surface area (Å²) in [5.41, 5.74) is 5.93. The van der Waals surface area contributed by atoms with Gasteiger partial charge in [-0.1, -0.05) is 20.3 Å². The van der Waals surface area contributed by atoms with E-state index in [1.807, 2.05) is 6.92 Å². The van der Waals surface area contributed by atoms with Crippen molar-refractivity contribution in [1.82, 2.24) is 25.9 Å². The van der Waals surface area contributed by atoms with Crippen molar-refractivity contribution in [2.75, 3.05) is 6.54 Å². The van der Waals surface area contributed by atoms with E-state index in [1.165, 1.54) is 19.4 Å². The number of imidazole rings is 1. The molecule has 0 aliphatic carbocycles. The number of nitrogens with zero attached hydrogens (tertiary/aromatic N) is 1. The number of aromatic nitrogens is 2. The predicted molar refractivity (Wildman–Crippen MR) is 99.9 cm³/mol. The molecule has 0 spiro atoms. The van der Waals surface area contributed by atoms with Crippen molar-refractivity contribution in [3.8, 4) is 0 Å². The molecule has 11 heteroatoms. The van der Waals surface area contributed by atoms with E-state index in [2.05, 4.69) is 25.9 Å². The second-order valence-corrected chi connectivity index (χ2v) is 6.55. The number of nitrogens with two attached hydrogens (primary N) is 1. The normalized spacial score (nSPS) is 15.0.